The van der Waals surface area contributed by atoms with Gasteiger partial charge in [-0.25, -0.2) is 9.97 Å². The van der Waals surface area contributed by atoms with E-state index in [0.29, 0.717) is 24.4 Å². The highest BCUT2D eigenvalue weighted by atomic mass is 16.5. The number of benzene rings is 1. The highest BCUT2D eigenvalue weighted by Gasteiger charge is 2.20. The summed E-state index contributed by atoms with van der Waals surface area (Å²) in [5.41, 5.74) is 10.0. The number of anilines is 2. The number of nitrogens with two attached hydrogens (primary N) is 1. The van der Waals surface area contributed by atoms with Crippen LogP contribution >= 0.6 is 0 Å². The fraction of sp³-hybridized carbons (Fsp3) is 0.333. The van der Waals surface area contributed by atoms with E-state index in [1.54, 1.807) is 6.20 Å². The molecule has 1 saturated heterocycles. The molecule has 26 heavy (non-hydrogen) atoms. The van der Waals surface area contributed by atoms with E-state index in [4.69, 9.17) is 20.2 Å². The zero-order chi connectivity index (χ0) is 17.5. The second-order valence-electron chi connectivity index (χ2n) is 6.35. The molecular formula is C18H18N6O2. The molecule has 2 aliphatic rings. The molecule has 2 N–H and O–H groups in total. The topological polar surface area (TPSA) is 99.3 Å². The minimum atomic E-state index is 0.204. The van der Waals surface area contributed by atoms with Crippen LogP contribution in [0.15, 0.2) is 24.4 Å². The van der Waals surface area contributed by atoms with Crippen LogP contribution in [0, 0.1) is 0 Å². The predicted molar refractivity (Wildman–Crippen MR) is 97.2 cm³/mol. The Balaban J connectivity index is 1.63. The number of ether oxygens (including phenoxy) is 2. The van der Waals surface area contributed by atoms with Gasteiger partial charge in [0.2, 0.25) is 5.95 Å². The summed E-state index contributed by atoms with van der Waals surface area (Å²) < 4.78 is 11.0. The first kappa shape index (κ1) is 15.3. The number of nitrogen functional groups attached to an aromatic ring is 1. The fourth-order valence-electron chi connectivity index (χ4n) is 3.39. The van der Waals surface area contributed by atoms with Crippen molar-refractivity contribution in [3.8, 4) is 17.0 Å². The summed E-state index contributed by atoms with van der Waals surface area (Å²) in [6, 6.07) is 6.11. The predicted octanol–water partition coefficient (Wildman–Crippen LogP) is 1.44. The van der Waals surface area contributed by atoms with Gasteiger partial charge in [-0.2, -0.15) is 9.97 Å². The Hall–Kier alpha value is -3.00. The fourth-order valence-corrected chi connectivity index (χ4v) is 3.39. The van der Waals surface area contributed by atoms with E-state index in [0.717, 1.165) is 48.9 Å². The van der Waals surface area contributed by atoms with Crippen LogP contribution in [-0.2, 0) is 11.2 Å². The number of hydrogen-bond acceptors (Lipinski definition) is 8. The minimum Gasteiger partial charge on any atom is -0.493 e. The Morgan fingerprint density at radius 2 is 1.92 bits per heavy atom. The Kier molecular flexibility index (Phi) is 3.56. The van der Waals surface area contributed by atoms with Crippen LogP contribution in [0.1, 0.15) is 5.56 Å². The first-order valence-electron chi connectivity index (χ1n) is 8.67. The van der Waals surface area contributed by atoms with Gasteiger partial charge in [0, 0.05) is 25.1 Å². The van der Waals surface area contributed by atoms with E-state index in [9.17, 15) is 0 Å². The summed E-state index contributed by atoms with van der Waals surface area (Å²) >= 11 is 0. The lowest BCUT2D eigenvalue weighted by Crippen LogP contribution is -2.37. The molecule has 1 aromatic carbocycles. The quantitative estimate of drug-likeness (QED) is 0.741. The van der Waals surface area contributed by atoms with Crippen LogP contribution in [0.3, 0.4) is 0 Å². The van der Waals surface area contributed by atoms with Crippen LogP contribution in [0.2, 0.25) is 0 Å². The van der Waals surface area contributed by atoms with Gasteiger partial charge in [-0.05, 0) is 23.8 Å². The summed E-state index contributed by atoms with van der Waals surface area (Å²) in [5.74, 6) is 1.87. The summed E-state index contributed by atoms with van der Waals surface area (Å²) in [7, 11) is 0. The maximum Gasteiger partial charge on any atom is 0.224 e. The highest BCUT2D eigenvalue weighted by molar-refractivity contribution is 5.85. The van der Waals surface area contributed by atoms with Crippen molar-refractivity contribution in [3.05, 3.63) is 30.0 Å². The smallest absolute Gasteiger partial charge is 0.224 e. The SMILES string of the molecule is Nc1nc(N2CCOCC2)c2nc(-c3ccc4c(c3)CCO4)cnc2n1. The molecule has 0 spiro atoms. The van der Waals surface area contributed by atoms with E-state index < -0.39 is 0 Å². The molecule has 0 unspecified atom stereocenters. The van der Waals surface area contributed by atoms with Crippen molar-refractivity contribution >= 4 is 22.9 Å². The van der Waals surface area contributed by atoms with Gasteiger partial charge in [0.15, 0.2) is 17.0 Å². The van der Waals surface area contributed by atoms with Crippen molar-refractivity contribution in [1.29, 1.82) is 0 Å². The molecule has 8 nitrogen and oxygen atoms in total. The van der Waals surface area contributed by atoms with Gasteiger partial charge in [0.1, 0.15) is 5.75 Å². The largest absolute Gasteiger partial charge is 0.493 e. The standard InChI is InChI=1S/C18H18N6O2/c19-18-22-16-15(17(23-18)24-4-7-25-8-5-24)21-13(10-20-16)11-1-2-14-12(9-11)3-6-26-14/h1-2,9-10H,3-8H2,(H2,19,20,22,23). The Bertz CT molecular complexity index is 987. The van der Waals surface area contributed by atoms with Crippen LogP contribution in [0.5, 0.6) is 5.75 Å². The summed E-state index contributed by atoms with van der Waals surface area (Å²) in [5, 5.41) is 0. The molecule has 0 aliphatic carbocycles. The van der Waals surface area contributed by atoms with Crippen molar-refractivity contribution < 1.29 is 9.47 Å². The number of fused-ring (bicyclic) bond motifs is 2. The molecule has 5 rings (SSSR count). The average molecular weight is 350 g/mol. The van der Waals surface area contributed by atoms with Gasteiger partial charge in [0.05, 0.1) is 31.7 Å². The van der Waals surface area contributed by atoms with Crippen LogP contribution < -0.4 is 15.4 Å². The maximum absolute atomic E-state index is 5.88. The Morgan fingerprint density at radius 3 is 2.81 bits per heavy atom. The van der Waals surface area contributed by atoms with E-state index >= 15 is 0 Å². The Labute approximate surface area is 150 Å². The molecule has 2 aromatic heterocycles. The van der Waals surface area contributed by atoms with Crippen molar-refractivity contribution in [2.45, 2.75) is 6.42 Å². The van der Waals surface area contributed by atoms with Gasteiger partial charge in [-0.1, -0.05) is 0 Å². The van der Waals surface area contributed by atoms with E-state index in [-0.39, 0.29) is 5.95 Å². The number of hydrogen-bond donors (Lipinski definition) is 1. The monoisotopic (exact) mass is 350 g/mol. The van der Waals surface area contributed by atoms with Gasteiger partial charge < -0.3 is 20.1 Å². The zero-order valence-corrected chi connectivity index (χ0v) is 14.2. The molecule has 8 heteroatoms. The molecule has 0 bridgehead atoms. The second-order valence-corrected chi connectivity index (χ2v) is 6.35. The second kappa shape index (κ2) is 6.06. The first-order chi connectivity index (χ1) is 12.8. The molecule has 3 aromatic rings. The third-order valence-corrected chi connectivity index (χ3v) is 4.70. The molecule has 0 amide bonds. The summed E-state index contributed by atoms with van der Waals surface area (Å²) in [6.45, 7) is 3.53. The van der Waals surface area contributed by atoms with Gasteiger partial charge in [-0.15, -0.1) is 0 Å². The van der Waals surface area contributed by atoms with Gasteiger partial charge in [-0.3, -0.25) is 0 Å². The third kappa shape index (κ3) is 2.59. The molecule has 132 valence electrons. The molecule has 0 radical (unpaired) electrons. The van der Waals surface area contributed by atoms with Crippen LogP contribution in [0.25, 0.3) is 22.4 Å². The minimum absolute atomic E-state index is 0.204. The van der Waals surface area contributed by atoms with Crippen LogP contribution in [0.4, 0.5) is 11.8 Å². The van der Waals surface area contributed by atoms with E-state index in [2.05, 4.69) is 25.9 Å². The zero-order valence-electron chi connectivity index (χ0n) is 14.2. The van der Waals surface area contributed by atoms with Crippen molar-refractivity contribution in [1.82, 2.24) is 19.9 Å². The third-order valence-electron chi connectivity index (χ3n) is 4.70. The molecule has 0 atom stereocenters. The molecule has 1 fully saturated rings. The maximum atomic E-state index is 5.88. The van der Waals surface area contributed by atoms with Crippen molar-refractivity contribution in [2.75, 3.05) is 43.5 Å². The molecule has 0 saturated carbocycles. The van der Waals surface area contributed by atoms with Gasteiger partial charge in [0.25, 0.3) is 0 Å². The number of nitrogens with zero attached hydrogens (tertiary/aromatic N) is 5. The molecule has 4 heterocycles. The van der Waals surface area contributed by atoms with Crippen molar-refractivity contribution in [3.63, 3.8) is 0 Å². The van der Waals surface area contributed by atoms with E-state index in [1.165, 1.54) is 5.56 Å². The normalized spacial score (nSPS) is 16.5. The lowest BCUT2D eigenvalue weighted by Gasteiger charge is -2.28. The Morgan fingerprint density at radius 1 is 1.04 bits per heavy atom. The molecule has 2 aliphatic heterocycles. The summed E-state index contributed by atoms with van der Waals surface area (Å²) in [6.07, 6.45) is 2.65. The summed E-state index contributed by atoms with van der Waals surface area (Å²) in [4.78, 5) is 20.1. The van der Waals surface area contributed by atoms with Gasteiger partial charge >= 0.3 is 0 Å². The lowest BCUT2D eigenvalue weighted by molar-refractivity contribution is 0.122. The average Bonchev–Trinajstić information content (AvgIpc) is 3.15. The number of rotatable bonds is 2. The van der Waals surface area contributed by atoms with E-state index in [1.807, 2.05) is 12.1 Å². The highest BCUT2D eigenvalue weighted by Crippen LogP contribution is 2.31. The first-order valence-corrected chi connectivity index (χ1v) is 8.67. The molecular weight excluding hydrogens is 332 g/mol. The van der Waals surface area contributed by atoms with Crippen molar-refractivity contribution in [2.24, 2.45) is 0 Å². The number of aromatic nitrogens is 4. The number of morpholine rings is 1. The lowest BCUT2D eigenvalue weighted by atomic mass is 10.1. The van der Waals surface area contributed by atoms with Crippen LogP contribution in [-0.4, -0.2) is 52.8 Å².